The molecule has 3 rings (SSSR count). The van der Waals surface area contributed by atoms with Crippen LogP contribution in [-0.4, -0.2) is 28.9 Å². The second kappa shape index (κ2) is 6.99. The van der Waals surface area contributed by atoms with E-state index in [0.29, 0.717) is 28.9 Å². The van der Waals surface area contributed by atoms with E-state index in [1.807, 2.05) is 4.90 Å². The molecule has 1 saturated heterocycles. The second-order valence-electron chi connectivity index (χ2n) is 6.66. The van der Waals surface area contributed by atoms with Crippen LogP contribution in [0.15, 0.2) is 42.6 Å². The highest BCUT2D eigenvalue weighted by Gasteiger charge is 2.27. The third kappa shape index (κ3) is 3.55. The molecule has 1 aliphatic heterocycles. The summed E-state index contributed by atoms with van der Waals surface area (Å²) in [7, 11) is 0. The number of carbonyl (C=O) groups excluding carboxylic acids is 1. The highest BCUT2D eigenvalue weighted by atomic mass is 19.1. The van der Waals surface area contributed by atoms with E-state index in [2.05, 4.69) is 24.1 Å². The Labute approximate surface area is 141 Å². The van der Waals surface area contributed by atoms with Gasteiger partial charge in [0.05, 0.1) is 11.3 Å². The van der Waals surface area contributed by atoms with Gasteiger partial charge in [0, 0.05) is 19.3 Å². The van der Waals surface area contributed by atoms with Gasteiger partial charge in [-0.3, -0.25) is 4.79 Å². The SMILES string of the molecule is CC1CC(C)CN(C(=O)c2cccnc2Nc2ccccc2F)C1. The zero-order valence-corrected chi connectivity index (χ0v) is 14.0. The third-order valence-corrected chi connectivity index (χ3v) is 4.32. The molecule has 0 aliphatic carbocycles. The zero-order valence-electron chi connectivity index (χ0n) is 14.0. The Balaban J connectivity index is 1.86. The molecule has 0 bridgehead atoms. The highest BCUT2D eigenvalue weighted by molar-refractivity contribution is 5.99. The molecule has 1 amide bonds. The van der Waals surface area contributed by atoms with Crippen molar-refractivity contribution < 1.29 is 9.18 Å². The molecule has 24 heavy (non-hydrogen) atoms. The Kier molecular flexibility index (Phi) is 4.79. The van der Waals surface area contributed by atoms with Gasteiger partial charge < -0.3 is 10.2 Å². The van der Waals surface area contributed by atoms with E-state index in [4.69, 9.17) is 0 Å². The summed E-state index contributed by atoms with van der Waals surface area (Å²) in [5.74, 6) is 0.926. The van der Waals surface area contributed by atoms with Crippen LogP contribution in [0.25, 0.3) is 0 Å². The first kappa shape index (κ1) is 16.4. The number of hydrogen-bond acceptors (Lipinski definition) is 3. The monoisotopic (exact) mass is 327 g/mol. The smallest absolute Gasteiger partial charge is 0.257 e. The van der Waals surface area contributed by atoms with Crippen molar-refractivity contribution in [1.82, 2.24) is 9.88 Å². The molecule has 2 heterocycles. The second-order valence-corrected chi connectivity index (χ2v) is 6.66. The number of nitrogens with one attached hydrogen (secondary N) is 1. The molecule has 2 unspecified atom stereocenters. The number of piperidine rings is 1. The molecule has 1 aromatic carbocycles. The summed E-state index contributed by atoms with van der Waals surface area (Å²) < 4.78 is 13.9. The van der Waals surface area contributed by atoms with Crippen LogP contribution in [-0.2, 0) is 0 Å². The Morgan fingerprint density at radius 1 is 1.17 bits per heavy atom. The summed E-state index contributed by atoms with van der Waals surface area (Å²) in [6, 6.07) is 9.84. The Hall–Kier alpha value is -2.43. The minimum atomic E-state index is -0.373. The molecule has 1 aromatic heterocycles. The molecule has 5 heteroatoms. The highest BCUT2D eigenvalue weighted by Crippen LogP contribution is 2.26. The molecule has 1 aliphatic rings. The van der Waals surface area contributed by atoms with Crippen molar-refractivity contribution in [2.45, 2.75) is 20.3 Å². The third-order valence-electron chi connectivity index (χ3n) is 4.32. The van der Waals surface area contributed by atoms with Crippen molar-refractivity contribution in [1.29, 1.82) is 0 Å². The number of anilines is 2. The topological polar surface area (TPSA) is 45.2 Å². The fraction of sp³-hybridized carbons (Fsp3) is 0.368. The molecule has 1 N–H and O–H groups in total. The summed E-state index contributed by atoms with van der Waals surface area (Å²) in [6.07, 6.45) is 2.73. The molecule has 2 aromatic rings. The summed E-state index contributed by atoms with van der Waals surface area (Å²) >= 11 is 0. The number of nitrogens with zero attached hydrogens (tertiary/aromatic N) is 2. The van der Waals surface area contributed by atoms with E-state index in [9.17, 15) is 9.18 Å². The molecule has 4 nitrogen and oxygen atoms in total. The van der Waals surface area contributed by atoms with Crippen LogP contribution in [0.5, 0.6) is 0 Å². The lowest BCUT2D eigenvalue weighted by Gasteiger charge is -2.35. The van der Waals surface area contributed by atoms with Crippen LogP contribution in [0.2, 0.25) is 0 Å². The molecule has 1 fully saturated rings. The van der Waals surface area contributed by atoms with Gasteiger partial charge in [-0.15, -0.1) is 0 Å². The van der Waals surface area contributed by atoms with Gasteiger partial charge in [-0.25, -0.2) is 9.37 Å². The zero-order chi connectivity index (χ0) is 17.1. The first-order valence-corrected chi connectivity index (χ1v) is 8.30. The van der Waals surface area contributed by atoms with Crippen molar-refractivity contribution in [2.24, 2.45) is 11.8 Å². The predicted octanol–water partition coefficient (Wildman–Crippen LogP) is 4.08. The predicted molar refractivity (Wildman–Crippen MR) is 92.8 cm³/mol. The maximum absolute atomic E-state index is 13.9. The first-order chi connectivity index (χ1) is 11.5. The largest absolute Gasteiger partial charge is 0.338 e. The van der Waals surface area contributed by atoms with E-state index in [0.717, 1.165) is 19.5 Å². The number of likely N-dealkylation sites (tertiary alicyclic amines) is 1. The van der Waals surface area contributed by atoms with E-state index in [1.54, 1.807) is 36.5 Å². The van der Waals surface area contributed by atoms with Crippen molar-refractivity contribution in [2.75, 3.05) is 18.4 Å². The van der Waals surface area contributed by atoms with E-state index in [1.165, 1.54) is 6.07 Å². The van der Waals surface area contributed by atoms with Gasteiger partial charge in [-0.05, 0) is 42.5 Å². The van der Waals surface area contributed by atoms with Gasteiger partial charge in [0.15, 0.2) is 0 Å². The maximum Gasteiger partial charge on any atom is 0.257 e. The fourth-order valence-electron chi connectivity index (χ4n) is 3.37. The Morgan fingerprint density at radius 2 is 1.88 bits per heavy atom. The van der Waals surface area contributed by atoms with Crippen LogP contribution in [0.3, 0.4) is 0 Å². The van der Waals surface area contributed by atoms with Crippen LogP contribution < -0.4 is 5.32 Å². The van der Waals surface area contributed by atoms with Crippen molar-refractivity contribution in [3.63, 3.8) is 0 Å². The summed E-state index contributed by atoms with van der Waals surface area (Å²) in [6.45, 7) is 5.82. The standard InChI is InChI=1S/C19H22FN3O/c1-13-10-14(2)12-23(11-13)19(24)15-6-5-9-21-18(15)22-17-8-4-3-7-16(17)20/h3-9,13-14H,10-12H2,1-2H3,(H,21,22). The van der Waals surface area contributed by atoms with E-state index >= 15 is 0 Å². The first-order valence-electron chi connectivity index (χ1n) is 8.30. The Morgan fingerprint density at radius 3 is 2.58 bits per heavy atom. The van der Waals surface area contributed by atoms with Crippen molar-refractivity contribution >= 4 is 17.4 Å². The lowest BCUT2D eigenvalue weighted by atomic mass is 9.91. The lowest BCUT2D eigenvalue weighted by molar-refractivity contribution is 0.0624. The summed E-state index contributed by atoms with van der Waals surface area (Å²) in [5.41, 5.74) is 0.785. The van der Waals surface area contributed by atoms with Gasteiger partial charge in [-0.1, -0.05) is 26.0 Å². The molecule has 126 valence electrons. The van der Waals surface area contributed by atoms with Gasteiger partial charge in [-0.2, -0.15) is 0 Å². The number of benzene rings is 1. The number of hydrogen-bond donors (Lipinski definition) is 1. The minimum absolute atomic E-state index is 0.0552. The number of aromatic nitrogens is 1. The minimum Gasteiger partial charge on any atom is -0.338 e. The summed E-state index contributed by atoms with van der Waals surface area (Å²) in [4.78, 5) is 19.1. The lowest BCUT2D eigenvalue weighted by Crippen LogP contribution is -2.42. The Bertz CT molecular complexity index is 724. The van der Waals surface area contributed by atoms with Crippen LogP contribution in [0.4, 0.5) is 15.9 Å². The van der Waals surface area contributed by atoms with Gasteiger partial charge in [0.2, 0.25) is 0 Å². The molecule has 0 spiro atoms. The molecular weight excluding hydrogens is 305 g/mol. The number of halogens is 1. The maximum atomic E-state index is 13.9. The van der Waals surface area contributed by atoms with Crippen LogP contribution in [0, 0.1) is 17.7 Å². The fourth-order valence-corrected chi connectivity index (χ4v) is 3.37. The number of amides is 1. The molecule has 0 radical (unpaired) electrons. The number of para-hydroxylation sites is 1. The molecule has 2 atom stereocenters. The van der Waals surface area contributed by atoms with Gasteiger partial charge in [0.25, 0.3) is 5.91 Å². The number of rotatable bonds is 3. The van der Waals surface area contributed by atoms with Crippen LogP contribution in [0.1, 0.15) is 30.6 Å². The van der Waals surface area contributed by atoms with E-state index in [-0.39, 0.29) is 11.7 Å². The normalized spacial score (nSPS) is 20.7. The number of carbonyl (C=O) groups is 1. The van der Waals surface area contributed by atoms with Gasteiger partial charge >= 0.3 is 0 Å². The van der Waals surface area contributed by atoms with E-state index < -0.39 is 0 Å². The molecule has 0 saturated carbocycles. The quantitative estimate of drug-likeness (QED) is 0.924. The van der Waals surface area contributed by atoms with Gasteiger partial charge in [0.1, 0.15) is 11.6 Å². The van der Waals surface area contributed by atoms with Crippen LogP contribution >= 0.6 is 0 Å². The average Bonchev–Trinajstić information content (AvgIpc) is 2.56. The summed E-state index contributed by atoms with van der Waals surface area (Å²) in [5, 5.41) is 2.95. The van der Waals surface area contributed by atoms with Crippen molar-refractivity contribution in [3.8, 4) is 0 Å². The molecular formula is C19H22FN3O. The number of pyridine rings is 1. The average molecular weight is 327 g/mol. The van der Waals surface area contributed by atoms with Crippen molar-refractivity contribution in [3.05, 3.63) is 54.0 Å².